The first-order chi connectivity index (χ1) is 11.4. The number of anilines is 2. The number of para-hydroxylation sites is 2. The average molecular weight is 342 g/mol. The Bertz CT molecular complexity index is 1040. The fourth-order valence-corrected chi connectivity index (χ4v) is 3.47. The summed E-state index contributed by atoms with van der Waals surface area (Å²) in [4.78, 5) is 20.1. The van der Waals surface area contributed by atoms with Crippen LogP contribution < -0.4 is 10.0 Å². The summed E-state index contributed by atoms with van der Waals surface area (Å²) in [5, 5.41) is 2.80. The van der Waals surface area contributed by atoms with Gasteiger partial charge >= 0.3 is 0 Å². The molecule has 7 nitrogen and oxygen atoms in total. The Morgan fingerprint density at radius 3 is 2.71 bits per heavy atom. The van der Waals surface area contributed by atoms with Gasteiger partial charge < -0.3 is 10.3 Å². The second-order valence-corrected chi connectivity index (χ2v) is 7.49. The minimum Gasteiger partial charge on any atom is -0.341 e. The second kappa shape index (κ2) is 5.07. The molecule has 4 rings (SSSR count). The van der Waals surface area contributed by atoms with Gasteiger partial charge in [-0.25, -0.2) is 13.4 Å². The van der Waals surface area contributed by atoms with Crippen LogP contribution in [0.2, 0.25) is 0 Å². The van der Waals surface area contributed by atoms with E-state index in [1.54, 1.807) is 18.2 Å². The highest BCUT2D eigenvalue weighted by Gasteiger charge is 2.34. The predicted molar refractivity (Wildman–Crippen MR) is 91.5 cm³/mol. The molecule has 1 aliphatic rings. The number of imidazole rings is 1. The number of aromatic amines is 1. The molecule has 0 fully saturated rings. The molecule has 2 aromatic carbocycles. The van der Waals surface area contributed by atoms with Gasteiger partial charge in [-0.1, -0.05) is 12.1 Å². The van der Waals surface area contributed by atoms with E-state index in [4.69, 9.17) is 0 Å². The molecular weight excluding hydrogens is 328 g/mol. The maximum Gasteiger partial charge on any atom is 0.239 e. The van der Waals surface area contributed by atoms with Crippen molar-refractivity contribution in [2.24, 2.45) is 0 Å². The Morgan fingerprint density at radius 1 is 1.17 bits per heavy atom. The fraction of sp³-hybridized carbons (Fsp3) is 0.125. The van der Waals surface area contributed by atoms with Crippen molar-refractivity contribution in [3.63, 3.8) is 0 Å². The van der Waals surface area contributed by atoms with Crippen LogP contribution >= 0.6 is 0 Å². The van der Waals surface area contributed by atoms with Crippen molar-refractivity contribution in [3.8, 4) is 0 Å². The van der Waals surface area contributed by atoms with Crippen molar-refractivity contribution < 1.29 is 13.2 Å². The zero-order chi connectivity index (χ0) is 16.9. The molecule has 1 atom stereocenters. The number of nitrogens with zero attached hydrogens (tertiary/aromatic N) is 1. The van der Waals surface area contributed by atoms with Gasteiger partial charge in [-0.2, -0.15) is 0 Å². The van der Waals surface area contributed by atoms with Crippen LogP contribution in [0.3, 0.4) is 0 Å². The van der Waals surface area contributed by atoms with E-state index in [-0.39, 0.29) is 5.91 Å². The highest BCUT2D eigenvalue weighted by Crippen LogP contribution is 2.38. The van der Waals surface area contributed by atoms with Gasteiger partial charge in [-0.3, -0.25) is 9.52 Å². The van der Waals surface area contributed by atoms with Crippen LogP contribution in [0, 0.1) is 0 Å². The predicted octanol–water partition coefficient (Wildman–Crippen LogP) is 2.02. The van der Waals surface area contributed by atoms with E-state index in [2.05, 4.69) is 20.0 Å². The third-order valence-electron chi connectivity index (χ3n) is 3.87. The van der Waals surface area contributed by atoms with E-state index >= 15 is 0 Å². The summed E-state index contributed by atoms with van der Waals surface area (Å²) in [7, 11) is -3.39. The number of carbonyl (C=O) groups excluding carboxylic acids is 1. The summed E-state index contributed by atoms with van der Waals surface area (Å²) >= 11 is 0. The van der Waals surface area contributed by atoms with E-state index in [0.29, 0.717) is 22.8 Å². The minimum absolute atomic E-state index is 0.194. The molecule has 122 valence electrons. The zero-order valence-electron chi connectivity index (χ0n) is 12.7. The maximum absolute atomic E-state index is 12.4. The fourth-order valence-electron chi connectivity index (χ4n) is 2.92. The number of nitrogens with one attached hydrogen (secondary N) is 3. The number of H-pyrrole nitrogens is 1. The molecule has 0 saturated heterocycles. The average Bonchev–Trinajstić information content (AvgIpc) is 3.04. The lowest BCUT2D eigenvalue weighted by Crippen LogP contribution is -2.14. The molecule has 1 amide bonds. The quantitative estimate of drug-likeness (QED) is 0.677. The third-order valence-corrected chi connectivity index (χ3v) is 4.47. The van der Waals surface area contributed by atoms with Gasteiger partial charge in [-0.15, -0.1) is 0 Å². The molecule has 0 saturated carbocycles. The van der Waals surface area contributed by atoms with Crippen LogP contribution in [0.15, 0.2) is 42.5 Å². The number of amides is 1. The van der Waals surface area contributed by atoms with Crippen LogP contribution in [0.4, 0.5) is 11.4 Å². The monoisotopic (exact) mass is 342 g/mol. The molecule has 3 N–H and O–H groups in total. The van der Waals surface area contributed by atoms with Crippen LogP contribution in [-0.4, -0.2) is 30.5 Å². The third kappa shape index (κ3) is 2.50. The Balaban J connectivity index is 1.81. The molecule has 0 aliphatic carbocycles. The van der Waals surface area contributed by atoms with Gasteiger partial charge in [0.15, 0.2) is 0 Å². The number of rotatable bonds is 3. The summed E-state index contributed by atoms with van der Waals surface area (Å²) in [5.41, 5.74) is 3.38. The summed E-state index contributed by atoms with van der Waals surface area (Å²) in [5.74, 6) is -0.266. The summed E-state index contributed by atoms with van der Waals surface area (Å²) in [6.45, 7) is 0. The van der Waals surface area contributed by atoms with Crippen molar-refractivity contribution in [1.29, 1.82) is 0 Å². The van der Waals surface area contributed by atoms with Gasteiger partial charge in [0.25, 0.3) is 0 Å². The molecule has 24 heavy (non-hydrogen) atoms. The molecule has 3 aromatic rings. The molecular formula is C16H14N4O3S. The lowest BCUT2D eigenvalue weighted by Gasteiger charge is -2.08. The minimum atomic E-state index is -3.39. The normalized spacial score (nSPS) is 16.9. The largest absolute Gasteiger partial charge is 0.341 e. The van der Waals surface area contributed by atoms with Gasteiger partial charge in [-0.05, 0) is 35.9 Å². The Labute approximate surface area is 138 Å². The smallest absolute Gasteiger partial charge is 0.239 e. The number of fused-ring (bicyclic) bond motifs is 2. The molecule has 0 spiro atoms. The van der Waals surface area contributed by atoms with Crippen LogP contribution in [0.5, 0.6) is 0 Å². The molecule has 2 heterocycles. The molecule has 1 unspecified atom stereocenters. The van der Waals surface area contributed by atoms with Crippen molar-refractivity contribution in [2.45, 2.75) is 5.92 Å². The Hall–Kier alpha value is -2.87. The van der Waals surface area contributed by atoms with Gasteiger partial charge in [0.05, 0.1) is 17.3 Å². The highest BCUT2D eigenvalue weighted by molar-refractivity contribution is 7.92. The summed E-state index contributed by atoms with van der Waals surface area (Å²) in [6, 6.07) is 12.5. The zero-order valence-corrected chi connectivity index (χ0v) is 13.5. The second-order valence-electron chi connectivity index (χ2n) is 5.74. The van der Waals surface area contributed by atoms with Crippen molar-refractivity contribution >= 4 is 38.3 Å². The van der Waals surface area contributed by atoms with Gasteiger partial charge in [0, 0.05) is 11.4 Å². The number of sulfonamides is 1. The lowest BCUT2D eigenvalue weighted by atomic mass is 9.99. The van der Waals surface area contributed by atoms with Crippen molar-refractivity contribution in [2.75, 3.05) is 16.3 Å². The highest BCUT2D eigenvalue weighted by atomic mass is 32.2. The number of carbonyl (C=O) groups is 1. The van der Waals surface area contributed by atoms with E-state index in [1.165, 1.54) is 0 Å². The van der Waals surface area contributed by atoms with E-state index in [0.717, 1.165) is 17.3 Å². The maximum atomic E-state index is 12.4. The van der Waals surface area contributed by atoms with Crippen LogP contribution in [0.25, 0.3) is 11.0 Å². The standard InChI is InChI=1S/C16H14N4O3S/c1-24(22,23)20-9-6-7-11-10(8-9)14(16(21)19-11)15-17-12-4-2-3-5-13(12)18-15/h2-8,14,20H,1H3,(H,17,18)(H,19,21). The molecule has 0 radical (unpaired) electrons. The van der Waals surface area contributed by atoms with Gasteiger partial charge in [0.1, 0.15) is 11.7 Å². The molecule has 8 heteroatoms. The number of aromatic nitrogens is 2. The van der Waals surface area contributed by atoms with Crippen molar-refractivity contribution in [1.82, 2.24) is 9.97 Å². The van der Waals surface area contributed by atoms with Gasteiger partial charge in [0.2, 0.25) is 15.9 Å². The van der Waals surface area contributed by atoms with Crippen molar-refractivity contribution in [3.05, 3.63) is 53.9 Å². The van der Waals surface area contributed by atoms with E-state index in [1.807, 2.05) is 24.3 Å². The number of benzene rings is 2. The van der Waals surface area contributed by atoms with E-state index in [9.17, 15) is 13.2 Å². The van der Waals surface area contributed by atoms with Crippen LogP contribution in [-0.2, 0) is 14.8 Å². The van der Waals surface area contributed by atoms with E-state index < -0.39 is 15.9 Å². The number of hydrogen-bond acceptors (Lipinski definition) is 4. The number of hydrogen-bond donors (Lipinski definition) is 3. The Kier molecular flexibility index (Phi) is 3.10. The van der Waals surface area contributed by atoms with Crippen LogP contribution in [0.1, 0.15) is 17.3 Å². The summed E-state index contributed by atoms with van der Waals surface area (Å²) in [6.07, 6.45) is 1.08. The first-order valence-electron chi connectivity index (χ1n) is 7.28. The topological polar surface area (TPSA) is 104 Å². The molecule has 1 aliphatic heterocycles. The first kappa shape index (κ1) is 14.7. The Morgan fingerprint density at radius 2 is 1.96 bits per heavy atom. The lowest BCUT2D eigenvalue weighted by molar-refractivity contribution is -0.116. The first-order valence-corrected chi connectivity index (χ1v) is 9.17. The molecule has 1 aromatic heterocycles. The molecule has 0 bridgehead atoms. The SMILES string of the molecule is CS(=O)(=O)Nc1ccc2c(c1)C(c1nc3ccccc3[nH]1)C(=O)N2. The summed E-state index contributed by atoms with van der Waals surface area (Å²) < 4.78 is 25.3.